The van der Waals surface area contributed by atoms with Crippen molar-refractivity contribution in [2.75, 3.05) is 13.2 Å². The Labute approximate surface area is 109 Å². The molecule has 4 atom stereocenters. The zero-order chi connectivity index (χ0) is 13.1. The second-order valence-electron chi connectivity index (χ2n) is 5.31. The van der Waals surface area contributed by atoms with Crippen LogP contribution in [0.4, 0.5) is 0 Å². The number of hydrogen-bond donors (Lipinski definition) is 1. The van der Waals surface area contributed by atoms with E-state index in [1.807, 2.05) is 19.1 Å². The van der Waals surface area contributed by atoms with E-state index in [4.69, 9.17) is 9.47 Å². The molecular weight excluding hydrogens is 228 g/mol. The molecule has 1 fully saturated rings. The van der Waals surface area contributed by atoms with Gasteiger partial charge in [-0.25, -0.2) is 0 Å². The van der Waals surface area contributed by atoms with Crippen LogP contribution in [0.3, 0.4) is 0 Å². The summed E-state index contributed by atoms with van der Waals surface area (Å²) >= 11 is 0. The van der Waals surface area contributed by atoms with E-state index in [0.29, 0.717) is 12.5 Å². The lowest BCUT2D eigenvalue weighted by Crippen LogP contribution is -2.40. The van der Waals surface area contributed by atoms with E-state index >= 15 is 0 Å². The van der Waals surface area contributed by atoms with Crippen LogP contribution in [0.1, 0.15) is 31.3 Å². The van der Waals surface area contributed by atoms with Crippen LogP contribution in [0, 0.1) is 18.8 Å². The van der Waals surface area contributed by atoms with Crippen molar-refractivity contribution in [2.24, 2.45) is 11.8 Å². The quantitative estimate of drug-likeness (QED) is 0.896. The predicted octanol–water partition coefficient (Wildman–Crippen LogP) is 2.67. The molecule has 1 N–H and O–H groups in total. The van der Waals surface area contributed by atoms with Gasteiger partial charge in [-0.2, -0.15) is 0 Å². The molecule has 4 unspecified atom stereocenters. The van der Waals surface area contributed by atoms with Crippen LogP contribution in [0.5, 0.6) is 0 Å². The lowest BCUT2D eigenvalue weighted by molar-refractivity contribution is -0.251. The largest absolute Gasteiger partial charge is 0.396 e. The minimum Gasteiger partial charge on any atom is -0.396 e. The van der Waals surface area contributed by atoms with Gasteiger partial charge in [-0.1, -0.05) is 43.7 Å². The van der Waals surface area contributed by atoms with Gasteiger partial charge < -0.3 is 14.6 Å². The van der Waals surface area contributed by atoms with Crippen LogP contribution in [-0.2, 0) is 9.47 Å². The second-order valence-corrected chi connectivity index (χ2v) is 5.31. The number of aryl methyl sites for hydroxylation is 1. The Morgan fingerprint density at radius 2 is 2.00 bits per heavy atom. The van der Waals surface area contributed by atoms with Crippen LogP contribution in [0.15, 0.2) is 24.3 Å². The Balaban J connectivity index is 2.09. The first-order chi connectivity index (χ1) is 8.61. The van der Waals surface area contributed by atoms with Crippen molar-refractivity contribution >= 4 is 0 Å². The van der Waals surface area contributed by atoms with E-state index in [1.54, 1.807) is 0 Å². The van der Waals surface area contributed by atoms with Crippen molar-refractivity contribution in [3.63, 3.8) is 0 Å². The molecular formula is C15H22O3. The fourth-order valence-electron chi connectivity index (χ4n) is 2.35. The third kappa shape index (κ3) is 2.91. The molecule has 0 aromatic heterocycles. The summed E-state index contributed by atoms with van der Waals surface area (Å²) in [6, 6.07) is 8.20. The van der Waals surface area contributed by atoms with E-state index < -0.39 is 0 Å². The van der Waals surface area contributed by atoms with Crippen LogP contribution < -0.4 is 0 Å². The highest BCUT2D eigenvalue weighted by Gasteiger charge is 2.33. The summed E-state index contributed by atoms with van der Waals surface area (Å²) in [4.78, 5) is 0. The molecule has 0 radical (unpaired) electrons. The number of hydrogen-bond acceptors (Lipinski definition) is 3. The smallest absolute Gasteiger partial charge is 0.184 e. The molecule has 0 aliphatic carbocycles. The first kappa shape index (κ1) is 13.5. The summed E-state index contributed by atoms with van der Waals surface area (Å²) in [5, 5.41) is 9.28. The zero-order valence-electron chi connectivity index (χ0n) is 11.3. The lowest BCUT2D eigenvalue weighted by Gasteiger charge is -2.37. The minimum absolute atomic E-state index is 0.0510. The molecule has 0 bridgehead atoms. The standard InChI is InChI=1S/C15H22O3/c1-10-4-6-13(7-5-10)15-17-9-12(3)14(18-15)11(2)8-16/h4-7,11-12,14-16H,8-9H2,1-3H3. The highest BCUT2D eigenvalue weighted by atomic mass is 16.7. The van der Waals surface area contributed by atoms with Gasteiger partial charge >= 0.3 is 0 Å². The van der Waals surface area contributed by atoms with Gasteiger partial charge in [-0.3, -0.25) is 0 Å². The van der Waals surface area contributed by atoms with Gasteiger partial charge in [-0.05, 0) is 6.92 Å². The molecule has 2 rings (SSSR count). The molecule has 1 aliphatic rings. The number of aliphatic hydroxyl groups is 1. The average Bonchev–Trinajstić information content (AvgIpc) is 2.39. The molecule has 100 valence electrons. The van der Waals surface area contributed by atoms with Crippen molar-refractivity contribution in [3.05, 3.63) is 35.4 Å². The maximum Gasteiger partial charge on any atom is 0.184 e. The molecule has 0 saturated carbocycles. The Kier molecular flexibility index (Phi) is 4.38. The molecule has 0 spiro atoms. The van der Waals surface area contributed by atoms with Crippen LogP contribution in [0.2, 0.25) is 0 Å². The highest BCUT2D eigenvalue weighted by Crippen LogP contribution is 2.32. The minimum atomic E-state index is -0.305. The maximum atomic E-state index is 9.28. The fraction of sp³-hybridized carbons (Fsp3) is 0.600. The second kappa shape index (κ2) is 5.83. The number of benzene rings is 1. The van der Waals surface area contributed by atoms with E-state index in [-0.39, 0.29) is 24.9 Å². The molecule has 1 aromatic rings. The number of aliphatic hydroxyl groups excluding tert-OH is 1. The SMILES string of the molecule is Cc1ccc(C2OCC(C)C(C(C)CO)O2)cc1. The Bertz CT molecular complexity index is 370. The first-order valence-corrected chi connectivity index (χ1v) is 6.56. The monoisotopic (exact) mass is 250 g/mol. The lowest BCUT2D eigenvalue weighted by atomic mass is 9.93. The fourth-order valence-corrected chi connectivity index (χ4v) is 2.35. The highest BCUT2D eigenvalue weighted by molar-refractivity contribution is 5.22. The summed E-state index contributed by atoms with van der Waals surface area (Å²) in [6.07, 6.45) is -0.254. The Hall–Kier alpha value is -0.900. The molecule has 18 heavy (non-hydrogen) atoms. The third-order valence-electron chi connectivity index (χ3n) is 3.55. The van der Waals surface area contributed by atoms with Gasteiger partial charge in [0.25, 0.3) is 0 Å². The van der Waals surface area contributed by atoms with E-state index in [2.05, 4.69) is 26.0 Å². The van der Waals surface area contributed by atoms with Gasteiger partial charge in [0, 0.05) is 24.0 Å². The molecule has 1 saturated heterocycles. The molecule has 3 nitrogen and oxygen atoms in total. The maximum absolute atomic E-state index is 9.28. The van der Waals surface area contributed by atoms with Crippen molar-refractivity contribution in [1.82, 2.24) is 0 Å². The van der Waals surface area contributed by atoms with Crippen molar-refractivity contribution in [3.8, 4) is 0 Å². The zero-order valence-corrected chi connectivity index (χ0v) is 11.3. The van der Waals surface area contributed by atoms with Gasteiger partial charge in [0.05, 0.1) is 12.7 Å². The van der Waals surface area contributed by atoms with E-state index in [0.717, 1.165) is 5.56 Å². The Morgan fingerprint density at radius 1 is 1.33 bits per heavy atom. The third-order valence-corrected chi connectivity index (χ3v) is 3.55. The van der Waals surface area contributed by atoms with Crippen LogP contribution in [0.25, 0.3) is 0 Å². The number of ether oxygens (including phenoxy) is 2. The summed E-state index contributed by atoms with van der Waals surface area (Å²) in [6.45, 7) is 7.00. The van der Waals surface area contributed by atoms with Gasteiger partial charge in [0.2, 0.25) is 0 Å². The normalized spacial score (nSPS) is 30.1. The molecule has 1 heterocycles. The molecule has 1 aliphatic heterocycles. The molecule has 1 aromatic carbocycles. The molecule has 0 amide bonds. The van der Waals surface area contributed by atoms with E-state index in [9.17, 15) is 5.11 Å². The topological polar surface area (TPSA) is 38.7 Å². The van der Waals surface area contributed by atoms with Crippen LogP contribution >= 0.6 is 0 Å². The first-order valence-electron chi connectivity index (χ1n) is 6.56. The van der Waals surface area contributed by atoms with Crippen molar-refractivity contribution < 1.29 is 14.6 Å². The van der Waals surface area contributed by atoms with E-state index in [1.165, 1.54) is 5.56 Å². The van der Waals surface area contributed by atoms with Gasteiger partial charge in [0.15, 0.2) is 6.29 Å². The summed E-state index contributed by atoms with van der Waals surface area (Å²) < 4.78 is 11.7. The van der Waals surface area contributed by atoms with Crippen LogP contribution in [-0.4, -0.2) is 24.4 Å². The van der Waals surface area contributed by atoms with Crippen molar-refractivity contribution in [1.29, 1.82) is 0 Å². The summed E-state index contributed by atoms with van der Waals surface area (Å²) in [5.41, 5.74) is 2.27. The average molecular weight is 250 g/mol. The predicted molar refractivity (Wildman–Crippen MR) is 70.2 cm³/mol. The van der Waals surface area contributed by atoms with Crippen molar-refractivity contribution in [2.45, 2.75) is 33.2 Å². The Morgan fingerprint density at radius 3 is 2.61 bits per heavy atom. The number of rotatable bonds is 3. The molecule has 3 heteroatoms. The summed E-state index contributed by atoms with van der Waals surface area (Å²) in [5.74, 6) is 0.450. The van der Waals surface area contributed by atoms with Gasteiger partial charge in [-0.15, -0.1) is 0 Å². The summed E-state index contributed by atoms with van der Waals surface area (Å²) in [7, 11) is 0. The van der Waals surface area contributed by atoms with Gasteiger partial charge in [0.1, 0.15) is 0 Å².